The summed E-state index contributed by atoms with van der Waals surface area (Å²) < 4.78 is 18.5. The number of aliphatic hydroxyl groups is 1. The van der Waals surface area contributed by atoms with Crippen LogP contribution in [0.1, 0.15) is 56.7 Å². The first-order valence-electron chi connectivity index (χ1n) is 20.9. The molecule has 15 nitrogen and oxygen atoms in total. The van der Waals surface area contributed by atoms with Gasteiger partial charge in [0.2, 0.25) is 17.8 Å². The molecule has 2 atom stereocenters. The van der Waals surface area contributed by atoms with Crippen LogP contribution in [0.2, 0.25) is 0 Å². The van der Waals surface area contributed by atoms with E-state index in [-0.39, 0.29) is 36.2 Å². The molecule has 0 radical (unpaired) electrons. The maximum atomic E-state index is 15.3. The van der Waals surface area contributed by atoms with E-state index in [1.54, 1.807) is 22.9 Å². The van der Waals surface area contributed by atoms with Gasteiger partial charge >= 0.3 is 0 Å². The highest BCUT2D eigenvalue weighted by Gasteiger charge is 2.37. The zero-order valence-corrected chi connectivity index (χ0v) is 33.7. The van der Waals surface area contributed by atoms with Gasteiger partial charge in [0.15, 0.2) is 11.5 Å². The molecule has 0 spiro atoms. The Morgan fingerprint density at radius 2 is 1.70 bits per heavy atom. The molecule has 3 aromatic heterocycles. The number of benzene rings is 2. The molecule has 4 N–H and O–H groups in total. The number of aryl methyl sites for hydroxylation is 1. The van der Waals surface area contributed by atoms with Crippen molar-refractivity contribution in [3.63, 3.8) is 0 Å². The molecule has 312 valence electrons. The van der Waals surface area contributed by atoms with Crippen LogP contribution in [0, 0.1) is 5.82 Å². The molecule has 60 heavy (non-hydrogen) atoms. The number of piperidine rings is 2. The summed E-state index contributed by atoms with van der Waals surface area (Å²) in [7, 11) is 0. The minimum Gasteiger partial charge on any atom is -0.384 e. The Labute approximate surface area is 346 Å². The van der Waals surface area contributed by atoms with Gasteiger partial charge in [0.1, 0.15) is 22.8 Å². The SMILES string of the molecule is C=CCn1c(=O)c2cnc(Nc3ccc(N4CCN(C5CCN(c6ccc(NC7CCC(=O)NC7=O)cc6F)CC5)CC4)cc3)nc2n1-c1ccc2c(n1)[C@@](O)(CC)CC2. The molecule has 1 aliphatic carbocycles. The zero-order chi connectivity index (χ0) is 41.5. The number of carbonyl (C=O) groups excluding carboxylic acids is 2. The number of nitrogens with zero attached hydrogens (tertiary/aromatic N) is 8. The second kappa shape index (κ2) is 16.1. The van der Waals surface area contributed by atoms with Crippen LogP contribution in [0.4, 0.5) is 33.1 Å². The highest BCUT2D eigenvalue weighted by molar-refractivity contribution is 6.01. The van der Waals surface area contributed by atoms with Crippen molar-refractivity contribution in [2.24, 2.45) is 0 Å². The van der Waals surface area contributed by atoms with Crippen LogP contribution in [0.3, 0.4) is 0 Å². The van der Waals surface area contributed by atoms with Crippen molar-refractivity contribution in [1.82, 2.24) is 34.5 Å². The number of allylic oxidation sites excluding steroid dienone is 1. The van der Waals surface area contributed by atoms with E-state index in [0.29, 0.717) is 65.2 Å². The van der Waals surface area contributed by atoms with E-state index in [2.05, 4.69) is 54.3 Å². The minimum atomic E-state index is -1.00. The number of rotatable bonds is 11. The lowest BCUT2D eigenvalue weighted by molar-refractivity contribution is -0.133. The number of halogens is 1. The average Bonchev–Trinajstić information content (AvgIpc) is 3.74. The third kappa shape index (κ3) is 7.49. The molecule has 16 heteroatoms. The lowest BCUT2D eigenvalue weighted by Crippen LogP contribution is -2.53. The van der Waals surface area contributed by atoms with Gasteiger partial charge in [-0.3, -0.25) is 24.6 Å². The number of imide groups is 1. The van der Waals surface area contributed by atoms with E-state index in [9.17, 15) is 19.5 Å². The Balaban J connectivity index is 0.807. The van der Waals surface area contributed by atoms with E-state index >= 15 is 4.39 Å². The number of hydrogen-bond donors (Lipinski definition) is 4. The first kappa shape index (κ1) is 39.3. The molecular weight excluding hydrogens is 766 g/mol. The van der Waals surface area contributed by atoms with Gasteiger partial charge in [-0.15, -0.1) is 6.58 Å². The summed E-state index contributed by atoms with van der Waals surface area (Å²) in [5.41, 5.74) is 3.85. The maximum Gasteiger partial charge on any atom is 0.278 e. The predicted molar refractivity (Wildman–Crippen MR) is 229 cm³/mol. The summed E-state index contributed by atoms with van der Waals surface area (Å²) in [5, 5.41) is 20.3. The second-order valence-electron chi connectivity index (χ2n) is 16.2. The average molecular weight is 816 g/mol. The fraction of sp³-hybridized carbons (Fsp3) is 0.409. The Bertz CT molecular complexity index is 2510. The Morgan fingerprint density at radius 3 is 2.42 bits per heavy atom. The highest BCUT2D eigenvalue weighted by Crippen LogP contribution is 2.38. The third-order valence-corrected chi connectivity index (χ3v) is 12.6. The Hall–Kier alpha value is -6.13. The summed E-state index contributed by atoms with van der Waals surface area (Å²) in [4.78, 5) is 58.4. The molecule has 1 unspecified atom stereocenters. The standard InChI is InChI=1S/C44H50FN11O4/c1-3-19-55-42(59)33-27-46-43(51-40(33)56(55)37-13-5-28-15-18-44(60,4-2)39(28)49-37)48-29-6-9-31(10-7-29)52-22-24-53(25-23-52)32-16-20-54(21-17-32)36-12-8-30(26-34(36)45)47-35-11-14-38(57)50-41(35)58/h3,5-10,12-13,26-27,32,35,47,60H,1,4,11,14-25H2,2H3,(H,46,48,51)(H,50,57,58)/t35?,44-/m1/s1. The minimum absolute atomic E-state index is 0.246. The number of piperazine rings is 1. The molecule has 2 aromatic carbocycles. The Morgan fingerprint density at radius 1 is 0.933 bits per heavy atom. The molecule has 3 fully saturated rings. The number of amides is 2. The van der Waals surface area contributed by atoms with Gasteiger partial charge in [-0.25, -0.2) is 23.7 Å². The van der Waals surface area contributed by atoms with Crippen molar-refractivity contribution in [2.45, 2.75) is 76.1 Å². The molecule has 4 aliphatic rings. The van der Waals surface area contributed by atoms with Gasteiger partial charge in [0.05, 0.1) is 17.9 Å². The summed E-state index contributed by atoms with van der Waals surface area (Å²) in [5.74, 6) is -0.148. The Kier molecular flexibility index (Phi) is 10.6. The zero-order valence-electron chi connectivity index (χ0n) is 33.7. The van der Waals surface area contributed by atoms with Crippen molar-refractivity contribution in [3.8, 4) is 5.82 Å². The molecule has 3 saturated heterocycles. The van der Waals surface area contributed by atoms with Crippen LogP contribution in [0.25, 0.3) is 16.9 Å². The molecule has 0 saturated carbocycles. The van der Waals surface area contributed by atoms with E-state index in [4.69, 9.17) is 9.97 Å². The number of fused-ring (bicyclic) bond motifs is 2. The van der Waals surface area contributed by atoms with Crippen molar-refractivity contribution in [3.05, 3.63) is 101 Å². The largest absolute Gasteiger partial charge is 0.384 e. The number of pyridine rings is 1. The number of nitrogens with one attached hydrogen (secondary N) is 3. The fourth-order valence-electron chi connectivity index (χ4n) is 9.20. The smallest absolute Gasteiger partial charge is 0.278 e. The molecule has 3 aliphatic heterocycles. The quantitative estimate of drug-likeness (QED) is 0.108. The van der Waals surface area contributed by atoms with Crippen molar-refractivity contribution >= 4 is 51.5 Å². The van der Waals surface area contributed by atoms with Gasteiger partial charge in [-0.2, -0.15) is 4.98 Å². The molecule has 5 aromatic rings. The van der Waals surface area contributed by atoms with E-state index in [0.717, 1.165) is 75.5 Å². The monoisotopic (exact) mass is 815 g/mol. The van der Waals surface area contributed by atoms with Crippen LogP contribution in [0.15, 0.2) is 78.2 Å². The summed E-state index contributed by atoms with van der Waals surface area (Å²) in [6, 6.07) is 16.9. The van der Waals surface area contributed by atoms with Crippen LogP contribution in [-0.4, -0.2) is 97.5 Å². The van der Waals surface area contributed by atoms with Crippen molar-refractivity contribution in [2.75, 3.05) is 59.7 Å². The third-order valence-electron chi connectivity index (χ3n) is 12.6. The molecular formula is C44H50FN11O4. The second-order valence-corrected chi connectivity index (χ2v) is 16.2. The van der Waals surface area contributed by atoms with Crippen LogP contribution in [0.5, 0.6) is 0 Å². The lowest BCUT2D eigenvalue weighted by atomic mass is 9.98. The topological polar surface area (TPSA) is 166 Å². The highest BCUT2D eigenvalue weighted by atomic mass is 19.1. The lowest BCUT2D eigenvalue weighted by Gasteiger charge is -2.44. The normalized spacial score (nSPS) is 21.3. The number of hydrogen-bond acceptors (Lipinski definition) is 12. The summed E-state index contributed by atoms with van der Waals surface area (Å²) >= 11 is 0. The number of carbonyl (C=O) groups is 2. The molecule has 6 heterocycles. The maximum absolute atomic E-state index is 15.3. The van der Waals surface area contributed by atoms with Crippen LogP contribution < -0.4 is 31.3 Å². The number of aromatic nitrogens is 5. The van der Waals surface area contributed by atoms with E-state index in [1.165, 1.54) is 16.9 Å². The van der Waals surface area contributed by atoms with Crippen molar-refractivity contribution in [1.29, 1.82) is 0 Å². The van der Waals surface area contributed by atoms with Gasteiger partial charge in [-0.1, -0.05) is 19.1 Å². The summed E-state index contributed by atoms with van der Waals surface area (Å²) in [6.45, 7) is 11.3. The van der Waals surface area contributed by atoms with Gasteiger partial charge in [0, 0.05) is 75.0 Å². The molecule has 2 amide bonds. The van der Waals surface area contributed by atoms with E-state index in [1.807, 2.05) is 31.2 Å². The molecule has 0 bridgehead atoms. The first-order valence-corrected chi connectivity index (χ1v) is 20.9. The fourth-order valence-corrected chi connectivity index (χ4v) is 9.20. The number of anilines is 5. The predicted octanol–water partition coefficient (Wildman–Crippen LogP) is 4.60. The van der Waals surface area contributed by atoms with Gasteiger partial charge in [-0.05, 0) is 92.6 Å². The molecule has 9 rings (SSSR count). The summed E-state index contributed by atoms with van der Waals surface area (Å²) in [6.07, 6.45) is 7.66. The van der Waals surface area contributed by atoms with Gasteiger partial charge < -0.3 is 25.5 Å². The first-order chi connectivity index (χ1) is 29.1. The van der Waals surface area contributed by atoms with E-state index < -0.39 is 11.6 Å². The van der Waals surface area contributed by atoms with Crippen LogP contribution in [-0.2, 0) is 28.2 Å². The van der Waals surface area contributed by atoms with Crippen LogP contribution >= 0.6 is 0 Å². The van der Waals surface area contributed by atoms with Crippen molar-refractivity contribution < 1.29 is 19.1 Å². The van der Waals surface area contributed by atoms with Gasteiger partial charge in [0.25, 0.3) is 5.56 Å².